The molecule has 0 aliphatic carbocycles. The maximum Gasteiger partial charge on any atom is 0.166 e. The molecule has 0 fully saturated rings. The molecular weight excluding hydrogens is 409 g/mol. The summed E-state index contributed by atoms with van der Waals surface area (Å²) >= 11 is 19.9. The lowest BCUT2D eigenvalue weighted by atomic mass is 10.2. The molecule has 1 aromatic heterocycles. The summed E-state index contributed by atoms with van der Waals surface area (Å²) in [4.78, 5) is 8.36. The lowest BCUT2D eigenvalue weighted by Gasteiger charge is -2.09. The Morgan fingerprint density at radius 1 is 1.11 bits per heavy atom. The van der Waals surface area contributed by atoms with Gasteiger partial charge in [0.15, 0.2) is 5.82 Å². The lowest BCUT2D eigenvalue weighted by molar-refractivity contribution is 0.416. The number of ether oxygens (including phenoxy) is 1. The normalized spacial score (nSPS) is 10.5. The van der Waals surface area contributed by atoms with Crippen LogP contribution in [0.15, 0.2) is 18.2 Å². The van der Waals surface area contributed by atoms with Crippen LogP contribution in [0.2, 0.25) is 15.3 Å². The first kappa shape index (κ1) is 14.1. The zero-order chi connectivity index (χ0) is 13.3. The maximum absolute atomic E-state index is 5.99. The van der Waals surface area contributed by atoms with Crippen molar-refractivity contribution in [1.82, 2.24) is 9.97 Å². The Balaban J connectivity index is 2.62. The van der Waals surface area contributed by atoms with Gasteiger partial charge in [-0.05, 0) is 40.8 Å². The number of nitrogens with zero attached hydrogens (tertiary/aromatic N) is 2. The zero-order valence-electron chi connectivity index (χ0n) is 9.05. The molecule has 0 aliphatic rings. The van der Waals surface area contributed by atoms with Gasteiger partial charge < -0.3 is 4.74 Å². The van der Waals surface area contributed by atoms with Gasteiger partial charge in [0.2, 0.25) is 0 Å². The summed E-state index contributed by atoms with van der Waals surface area (Å²) in [6.45, 7) is 0. The molecule has 0 bridgehead atoms. The lowest BCUT2D eigenvalue weighted by Crippen LogP contribution is -1.96. The molecule has 0 saturated carbocycles. The molecule has 1 aromatic carbocycles. The second kappa shape index (κ2) is 5.77. The molecule has 3 nitrogen and oxygen atoms in total. The Bertz CT molecular complexity index is 584. The van der Waals surface area contributed by atoms with Crippen LogP contribution >= 0.6 is 57.4 Å². The van der Waals surface area contributed by atoms with E-state index in [-0.39, 0.29) is 0 Å². The molecule has 0 unspecified atom stereocenters. The van der Waals surface area contributed by atoms with E-state index in [0.717, 1.165) is 0 Å². The van der Waals surface area contributed by atoms with Crippen molar-refractivity contribution in [3.05, 3.63) is 37.1 Å². The van der Waals surface area contributed by atoms with Gasteiger partial charge in [-0.25, -0.2) is 9.97 Å². The molecule has 7 heteroatoms. The quantitative estimate of drug-likeness (QED) is 0.526. The van der Waals surface area contributed by atoms with Crippen molar-refractivity contribution < 1.29 is 4.74 Å². The number of methoxy groups -OCH3 is 1. The Hall–Kier alpha value is -0.300. The topological polar surface area (TPSA) is 35.0 Å². The molecule has 0 amide bonds. The highest BCUT2D eigenvalue weighted by atomic mass is 127. The average Bonchev–Trinajstić information content (AvgIpc) is 2.35. The molecule has 0 atom stereocenters. The van der Waals surface area contributed by atoms with Crippen LogP contribution in [0.5, 0.6) is 5.75 Å². The minimum absolute atomic E-state index is 0.308. The fraction of sp³-hybridized carbons (Fsp3) is 0.0909. The van der Waals surface area contributed by atoms with Gasteiger partial charge in [-0.3, -0.25) is 0 Å². The van der Waals surface area contributed by atoms with Gasteiger partial charge >= 0.3 is 0 Å². The molecule has 18 heavy (non-hydrogen) atoms. The number of halogens is 4. The first-order chi connectivity index (χ1) is 8.52. The molecule has 0 N–H and O–H groups in total. The third kappa shape index (κ3) is 2.82. The van der Waals surface area contributed by atoms with Crippen LogP contribution in [-0.2, 0) is 0 Å². The summed E-state index contributed by atoms with van der Waals surface area (Å²) in [6, 6.07) is 5.17. The molecule has 1 heterocycles. The third-order valence-corrected chi connectivity index (χ3v) is 4.62. The van der Waals surface area contributed by atoms with Gasteiger partial charge in [-0.1, -0.05) is 34.8 Å². The van der Waals surface area contributed by atoms with Crippen LogP contribution in [0.1, 0.15) is 0 Å². The molecule has 0 spiro atoms. The summed E-state index contributed by atoms with van der Waals surface area (Å²) in [6.07, 6.45) is 0. The molecule has 0 saturated heterocycles. The Kier molecular flexibility index (Phi) is 4.53. The van der Waals surface area contributed by atoms with Gasteiger partial charge in [0, 0.05) is 5.02 Å². The van der Waals surface area contributed by atoms with Gasteiger partial charge in [-0.2, -0.15) is 0 Å². The van der Waals surface area contributed by atoms with Crippen molar-refractivity contribution >= 4 is 57.4 Å². The van der Waals surface area contributed by atoms with E-state index in [1.54, 1.807) is 25.3 Å². The van der Waals surface area contributed by atoms with E-state index in [0.29, 0.717) is 36.0 Å². The standard InChI is InChI=1S/C11H6Cl3IN2O/c1-18-7-4-5(12)2-3-6(7)11-16-9(13)8(15)10(14)17-11/h2-4H,1H3. The smallest absolute Gasteiger partial charge is 0.166 e. The van der Waals surface area contributed by atoms with Crippen molar-refractivity contribution in [1.29, 1.82) is 0 Å². The Morgan fingerprint density at radius 2 is 1.72 bits per heavy atom. The van der Waals surface area contributed by atoms with Crippen LogP contribution in [0.3, 0.4) is 0 Å². The van der Waals surface area contributed by atoms with Crippen molar-refractivity contribution in [2.24, 2.45) is 0 Å². The van der Waals surface area contributed by atoms with Gasteiger partial charge in [0.1, 0.15) is 16.1 Å². The Morgan fingerprint density at radius 3 is 2.28 bits per heavy atom. The van der Waals surface area contributed by atoms with E-state index in [4.69, 9.17) is 39.5 Å². The molecule has 0 radical (unpaired) electrons. The van der Waals surface area contributed by atoms with E-state index in [9.17, 15) is 0 Å². The van der Waals surface area contributed by atoms with Crippen LogP contribution in [0.4, 0.5) is 0 Å². The summed E-state index contributed by atoms with van der Waals surface area (Å²) in [5.41, 5.74) is 0.683. The Labute approximate surface area is 133 Å². The van der Waals surface area contributed by atoms with E-state index < -0.39 is 0 Å². The first-order valence-electron chi connectivity index (χ1n) is 4.75. The van der Waals surface area contributed by atoms with E-state index in [2.05, 4.69) is 9.97 Å². The fourth-order valence-corrected chi connectivity index (χ4v) is 2.16. The molecule has 94 valence electrons. The SMILES string of the molecule is COc1cc(Cl)ccc1-c1nc(Cl)c(I)c(Cl)n1. The summed E-state index contributed by atoms with van der Waals surface area (Å²) in [5.74, 6) is 0.967. The monoisotopic (exact) mass is 414 g/mol. The third-order valence-electron chi connectivity index (χ3n) is 2.17. The summed E-state index contributed by atoms with van der Waals surface area (Å²) in [5, 5.41) is 1.18. The summed E-state index contributed by atoms with van der Waals surface area (Å²) in [7, 11) is 1.55. The van der Waals surface area contributed by atoms with Crippen LogP contribution < -0.4 is 4.74 Å². The molecular formula is C11H6Cl3IN2O. The highest BCUT2D eigenvalue weighted by molar-refractivity contribution is 14.1. The van der Waals surface area contributed by atoms with Crippen molar-refractivity contribution in [2.45, 2.75) is 0 Å². The first-order valence-corrected chi connectivity index (χ1v) is 6.96. The van der Waals surface area contributed by atoms with E-state index in [1.165, 1.54) is 0 Å². The van der Waals surface area contributed by atoms with Crippen molar-refractivity contribution in [3.63, 3.8) is 0 Å². The van der Waals surface area contributed by atoms with E-state index >= 15 is 0 Å². The second-order valence-electron chi connectivity index (χ2n) is 3.29. The number of benzene rings is 1. The largest absolute Gasteiger partial charge is 0.496 e. The predicted octanol–water partition coefficient (Wildman–Crippen LogP) is 4.72. The molecule has 0 aliphatic heterocycles. The predicted molar refractivity (Wildman–Crippen MR) is 81.8 cm³/mol. The number of rotatable bonds is 2. The van der Waals surface area contributed by atoms with Crippen molar-refractivity contribution in [2.75, 3.05) is 7.11 Å². The van der Waals surface area contributed by atoms with Crippen molar-refractivity contribution in [3.8, 4) is 17.1 Å². The van der Waals surface area contributed by atoms with Gasteiger partial charge in [0.25, 0.3) is 0 Å². The van der Waals surface area contributed by atoms with E-state index in [1.807, 2.05) is 22.6 Å². The van der Waals surface area contributed by atoms with Gasteiger partial charge in [0.05, 0.1) is 16.2 Å². The van der Waals surface area contributed by atoms with Crippen LogP contribution in [0, 0.1) is 3.57 Å². The highest BCUT2D eigenvalue weighted by Crippen LogP contribution is 2.33. The molecule has 2 rings (SSSR count). The van der Waals surface area contributed by atoms with Gasteiger partial charge in [-0.15, -0.1) is 0 Å². The number of aromatic nitrogens is 2. The van der Waals surface area contributed by atoms with Crippen LogP contribution in [0.25, 0.3) is 11.4 Å². The highest BCUT2D eigenvalue weighted by Gasteiger charge is 2.14. The minimum Gasteiger partial charge on any atom is -0.496 e. The van der Waals surface area contributed by atoms with Crippen LogP contribution in [-0.4, -0.2) is 17.1 Å². The molecule has 2 aromatic rings. The number of hydrogen-bond acceptors (Lipinski definition) is 3. The fourth-order valence-electron chi connectivity index (χ4n) is 1.36. The second-order valence-corrected chi connectivity index (χ2v) is 5.52. The maximum atomic E-state index is 5.99. The summed E-state index contributed by atoms with van der Waals surface area (Å²) < 4.78 is 5.86. The number of hydrogen-bond donors (Lipinski definition) is 0. The zero-order valence-corrected chi connectivity index (χ0v) is 13.5. The average molecular weight is 415 g/mol. The minimum atomic E-state index is 0.308.